The second-order valence-corrected chi connectivity index (χ2v) is 9.82. The molecule has 0 saturated heterocycles. The Labute approximate surface area is 138 Å². The Morgan fingerprint density at radius 2 is 2.00 bits per heavy atom. The highest BCUT2D eigenvalue weighted by Crippen LogP contribution is 2.29. The molecule has 0 aromatic carbocycles. The number of amides is 1. The summed E-state index contributed by atoms with van der Waals surface area (Å²) in [6.45, 7) is 5.66. The van der Waals surface area contributed by atoms with Gasteiger partial charge in [0.05, 0.1) is 8.68 Å². The van der Waals surface area contributed by atoms with Crippen LogP contribution < -0.4 is 4.72 Å². The molecule has 1 N–H and O–H groups in total. The van der Waals surface area contributed by atoms with Crippen molar-refractivity contribution >= 4 is 43.2 Å². The molecular formula is C13H21BrN2O3S2. The largest absolute Gasteiger partial charge is 0.347 e. The standard InChI is InChI=1S/C13H21BrN2O3S2/c1-8(2)6-10(13(17)16(4)5)15-21(18,19)11-7-12(14)20-9(11)3/h7-8,10,15H,6H2,1-5H3. The van der Waals surface area contributed by atoms with Crippen molar-refractivity contribution in [3.63, 3.8) is 0 Å². The maximum absolute atomic E-state index is 12.5. The van der Waals surface area contributed by atoms with Gasteiger partial charge in [0, 0.05) is 19.0 Å². The van der Waals surface area contributed by atoms with Crippen LogP contribution >= 0.6 is 27.3 Å². The van der Waals surface area contributed by atoms with Gasteiger partial charge in [0.25, 0.3) is 0 Å². The van der Waals surface area contributed by atoms with Crippen LogP contribution in [0.25, 0.3) is 0 Å². The fourth-order valence-electron chi connectivity index (χ4n) is 1.93. The Balaban J connectivity index is 3.07. The van der Waals surface area contributed by atoms with E-state index in [1.165, 1.54) is 16.2 Å². The van der Waals surface area contributed by atoms with E-state index in [0.29, 0.717) is 11.3 Å². The van der Waals surface area contributed by atoms with E-state index < -0.39 is 16.1 Å². The van der Waals surface area contributed by atoms with Gasteiger partial charge >= 0.3 is 0 Å². The number of hydrogen-bond donors (Lipinski definition) is 1. The van der Waals surface area contributed by atoms with E-state index in [2.05, 4.69) is 20.7 Å². The van der Waals surface area contributed by atoms with E-state index in [-0.39, 0.29) is 16.7 Å². The molecule has 8 heteroatoms. The Morgan fingerprint density at radius 3 is 2.38 bits per heavy atom. The number of sulfonamides is 1. The third-order valence-corrected chi connectivity index (χ3v) is 6.16. The van der Waals surface area contributed by atoms with Crippen molar-refractivity contribution in [1.82, 2.24) is 9.62 Å². The van der Waals surface area contributed by atoms with E-state index in [4.69, 9.17) is 0 Å². The number of thiophene rings is 1. The number of aryl methyl sites for hydroxylation is 1. The first kappa shape index (κ1) is 18.6. The molecule has 1 rings (SSSR count). The van der Waals surface area contributed by atoms with Gasteiger partial charge in [-0.2, -0.15) is 4.72 Å². The van der Waals surface area contributed by atoms with Crippen LogP contribution in [0.2, 0.25) is 0 Å². The van der Waals surface area contributed by atoms with Gasteiger partial charge in [-0.15, -0.1) is 11.3 Å². The predicted molar refractivity (Wildman–Crippen MR) is 89.0 cm³/mol. The minimum absolute atomic E-state index is 0.205. The van der Waals surface area contributed by atoms with Gasteiger partial charge < -0.3 is 4.90 Å². The predicted octanol–water partition coefficient (Wildman–Crippen LogP) is 2.60. The third kappa shape index (κ3) is 5.05. The molecule has 0 fully saturated rings. The molecule has 0 radical (unpaired) electrons. The second-order valence-electron chi connectivity index (χ2n) is 5.51. The van der Waals surface area contributed by atoms with Crippen molar-refractivity contribution in [2.75, 3.05) is 14.1 Å². The molecule has 1 heterocycles. The molecule has 0 aliphatic rings. The summed E-state index contributed by atoms with van der Waals surface area (Å²) >= 11 is 4.64. The molecule has 0 aliphatic heterocycles. The van der Waals surface area contributed by atoms with Crippen LogP contribution in [0.1, 0.15) is 25.1 Å². The molecule has 1 aromatic rings. The van der Waals surface area contributed by atoms with Crippen molar-refractivity contribution in [2.24, 2.45) is 5.92 Å². The maximum atomic E-state index is 12.5. The summed E-state index contributed by atoms with van der Waals surface area (Å²) in [5, 5.41) is 0. The molecule has 1 atom stereocenters. The average molecular weight is 397 g/mol. The van der Waals surface area contributed by atoms with Crippen molar-refractivity contribution < 1.29 is 13.2 Å². The fourth-order valence-corrected chi connectivity index (χ4v) is 5.55. The molecular weight excluding hydrogens is 376 g/mol. The van der Waals surface area contributed by atoms with Gasteiger partial charge in [-0.05, 0) is 41.3 Å². The fraction of sp³-hybridized carbons (Fsp3) is 0.615. The van der Waals surface area contributed by atoms with Crippen LogP contribution in [-0.4, -0.2) is 39.4 Å². The number of carbonyl (C=O) groups excluding carboxylic acids is 1. The molecule has 1 amide bonds. The summed E-state index contributed by atoms with van der Waals surface area (Å²) < 4.78 is 28.3. The molecule has 0 spiro atoms. The Bertz CT molecular complexity index is 609. The van der Waals surface area contributed by atoms with Gasteiger partial charge in [0.2, 0.25) is 15.9 Å². The molecule has 1 unspecified atom stereocenters. The number of rotatable bonds is 6. The number of halogens is 1. The number of nitrogens with zero attached hydrogens (tertiary/aromatic N) is 1. The zero-order valence-corrected chi connectivity index (χ0v) is 16.0. The Kier molecular flexibility index (Phi) is 6.39. The normalized spacial score (nSPS) is 13.5. The summed E-state index contributed by atoms with van der Waals surface area (Å²) in [6, 6.07) is 0.817. The minimum atomic E-state index is -3.71. The van der Waals surface area contributed by atoms with Crippen LogP contribution in [0.3, 0.4) is 0 Å². The molecule has 5 nitrogen and oxygen atoms in total. The number of likely N-dealkylation sites (N-methyl/N-ethyl adjacent to an activating group) is 1. The second kappa shape index (κ2) is 7.21. The van der Waals surface area contributed by atoms with Crippen LogP contribution in [0.5, 0.6) is 0 Å². The van der Waals surface area contributed by atoms with Crippen molar-refractivity contribution in [1.29, 1.82) is 0 Å². The number of hydrogen-bond acceptors (Lipinski definition) is 4. The summed E-state index contributed by atoms with van der Waals surface area (Å²) in [5.41, 5.74) is 0. The zero-order valence-electron chi connectivity index (χ0n) is 12.8. The third-order valence-electron chi connectivity index (χ3n) is 2.88. The number of nitrogens with one attached hydrogen (secondary N) is 1. The van der Waals surface area contributed by atoms with Crippen LogP contribution in [0, 0.1) is 12.8 Å². The van der Waals surface area contributed by atoms with Crippen molar-refractivity contribution in [3.05, 3.63) is 14.7 Å². The summed E-state index contributed by atoms with van der Waals surface area (Å²) in [5.74, 6) is -0.0314. The molecule has 1 aromatic heterocycles. The van der Waals surface area contributed by atoms with Crippen molar-refractivity contribution in [2.45, 2.75) is 38.1 Å². The first-order valence-electron chi connectivity index (χ1n) is 6.54. The van der Waals surface area contributed by atoms with Gasteiger partial charge in [-0.25, -0.2) is 8.42 Å². The Hall–Kier alpha value is -0.440. The SMILES string of the molecule is Cc1sc(Br)cc1S(=O)(=O)NC(CC(C)C)C(=O)N(C)C. The summed E-state index contributed by atoms with van der Waals surface area (Å²) in [7, 11) is -0.468. The zero-order chi connectivity index (χ0) is 16.4. The lowest BCUT2D eigenvalue weighted by Gasteiger charge is -2.23. The highest BCUT2D eigenvalue weighted by Gasteiger charge is 2.29. The lowest BCUT2D eigenvalue weighted by molar-refractivity contribution is -0.130. The lowest BCUT2D eigenvalue weighted by Crippen LogP contribution is -2.46. The van der Waals surface area contributed by atoms with Gasteiger partial charge in [0.15, 0.2) is 0 Å². The molecule has 120 valence electrons. The Morgan fingerprint density at radius 1 is 1.43 bits per heavy atom. The van der Waals surface area contributed by atoms with E-state index >= 15 is 0 Å². The highest BCUT2D eigenvalue weighted by atomic mass is 79.9. The first-order chi connectivity index (χ1) is 9.54. The van der Waals surface area contributed by atoms with E-state index in [1.807, 2.05) is 13.8 Å². The lowest BCUT2D eigenvalue weighted by atomic mass is 10.0. The van der Waals surface area contributed by atoms with Crippen LogP contribution in [0.4, 0.5) is 0 Å². The van der Waals surface area contributed by atoms with Crippen LogP contribution in [-0.2, 0) is 14.8 Å². The van der Waals surface area contributed by atoms with Gasteiger partial charge in [0.1, 0.15) is 6.04 Å². The van der Waals surface area contributed by atoms with Gasteiger partial charge in [-0.1, -0.05) is 13.8 Å². The van der Waals surface area contributed by atoms with Crippen LogP contribution in [0.15, 0.2) is 14.7 Å². The topological polar surface area (TPSA) is 66.5 Å². The molecule has 0 bridgehead atoms. The highest BCUT2D eigenvalue weighted by molar-refractivity contribution is 9.11. The van der Waals surface area contributed by atoms with E-state index in [1.54, 1.807) is 27.1 Å². The van der Waals surface area contributed by atoms with E-state index in [0.717, 1.165) is 3.79 Å². The molecule has 21 heavy (non-hydrogen) atoms. The first-order valence-corrected chi connectivity index (χ1v) is 9.63. The molecule has 0 aliphatic carbocycles. The monoisotopic (exact) mass is 396 g/mol. The number of carbonyl (C=O) groups is 1. The van der Waals surface area contributed by atoms with E-state index in [9.17, 15) is 13.2 Å². The average Bonchev–Trinajstić information content (AvgIpc) is 2.66. The van der Waals surface area contributed by atoms with Gasteiger partial charge in [-0.3, -0.25) is 4.79 Å². The maximum Gasteiger partial charge on any atom is 0.242 e. The molecule has 0 saturated carbocycles. The quantitative estimate of drug-likeness (QED) is 0.803. The smallest absolute Gasteiger partial charge is 0.242 e. The summed E-state index contributed by atoms with van der Waals surface area (Å²) in [4.78, 5) is 14.5. The van der Waals surface area contributed by atoms with Crippen molar-refractivity contribution in [3.8, 4) is 0 Å². The minimum Gasteiger partial charge on any atom is -0.347 e. The summed E-state index contributed by atoms with van der Waals surface area (Å²) in [6.07, 6.45) is 0.459.